The summed E-state index contributed by atoms with van der Waals surface area (Å²) in [6, 6.07) is 31.7. The van der Waals surface area contributed by atoms with Crippen molar-refractivity contribution in [3.05, 3.63) is 114 Å². The SMILES string of the molecule is CC1=[N+](C)N(c2ccccc2)C(=O)C1=Nc1ccc(N(CCCCS(=O)(=O)[O-])CCCCS(=O)(=O)[O-])cc1C.CC1C(N)C(=O)N(c2ccccc2)N1C.Cc1cccc(N(CCCCS(=O)(=O)[O-])CCCCS(=O)(=O)[O-])c1.[2H]O[3H].[B].[Na+].[Na+].[Na+].[Na+]. The molecule has 2 aliphatic rings. The number of rotatable bonds is 25. The van der Waals surface area contributed by atoms with Crippen molar-refractivity contribution in [1.29, 1.82) is 2.86 Å². The molecule has 4 aromatic rings. The summed E-state index contributed by atoms with van der Waals surface area (Å²) in [6.07, 6.45) is 2.91. The zero-order chi connectivity index (χ0) is 60.7. The first-order valence-electron chi connectivity index (χ1n) is 26.1. The number of hydrazine groups is 2. The van der Waals surface area contributed by atoms with E-state index >= 15 is 0 Å². The first kappa shape index (κ1) is 82.3. The minimum atomic E-state index is -4.30. The molecule has 441 valence electrons. The van der Waals surface area contributed by atoms with Gasteiger partial charge in [-0.15, -0.1) is 4.68 Å². The van der Waals surface area contributed by atoms with Gasteiger partial charge in [-0.25, -0.2) is 48.7 Å². The Morgan fingerprint density at radius 1 is 0.631 bits per heavy atom. The molecule has 32 heteroatoms. The van der Waals surface area contributed by atoms with Crippen molar-refractivity contribution in [2.75, 3.05) is 83.1 Å². The average Bonchev–Trinajstić information content (AvgIpc) is 3.71. The maximum atomic E-state index is 13.2. The number of carbonyl (C=O) groups is 2. The van der Waals surface area contributed by atoms with Gasteiger partial charge < -0.3 is 39.2 Å². The smallest absolute Gasteiger partial charge is 0.748 e. The molecular formula is C52H73BN8Na4O15S4+. The Hall–Kier alpha value is -1.66. The van der Waals surface area contributed by atoms with Crippen LogP contribution in [0.3, 0.4) is 0 Å². The minimum absolute atomic E-state index is 0. The molecule has 2 amide bonds. The predicted octanol–water partition coefficient (Wildman–Crippen LogP) is -8.55. The Morgan fingerprint density at radius 3 is 1.38 bits per heavy atom. The van der Waals surface area contributed by atoms with Crippen molar-refractivity contribution in [1.82, 2.24) is 5.01 Å². The normalized spacial score (nSPS) is 15.8. The fraction of sp³-hybridized carbons (Fsp3) is 0.462. The topological polar surface area (TPSA) is 352 Å². The number of nitrogens with two attached hydrogens (primary N) is 1. The van der Waals surface area contributed by atoms with Crippen molar-refractivity contribution in [3.8, 4) is 0 Å². The van der Waals surface area contributed by atoms with E-state index in [1.807, 2.05) is 147 Å². The molecular weight excluding hydrogens is 1210 g/mol. The van der Waals surface area contributed by atoms with Gasteiger partial charge in [0.25, 0.3) is 5.91 Å². The van der Waals surface area contributed by atoms with Crippen LogP contribution in [-0.4, -0.2) is 177 Å². The van der Waals surface area contributed by atoms with Gasteiger partial charge in [-0.1, -0.05) is 53.5 Å². The van der Waals surface area contributed by atoms with Gasteiger partial charge in [0, 0.05) is 82.9 Å². The maximum Gasteiger partial charge on any atom is 1.00 e. The summed E-state index contributed by atoms with van der Waals surface area (Å²) in [5.41, 5.74) is 15.4. The van der Waals surface area contributed by atoms with Crippen LogP contribution in [0.4, 0.5) is 28.4 Å². The average molecular weight is 1280 g/mol. The van der Waals surface area contributed by atoms with E-state index in [1.165, 1.54) is 0 Å². The Labute approximate surface area is 590 Å². The molecule has 0 spiro atoms. The predicted molar refractivity (Wildman–Crippen MR) is 308 cm³/mol. The van der Waals surface area contributed by atoms with Crippen LogP contribution in [0, 0.1) is 13.8 Å². The standard InChI is InChI=1S/C26H34N4O7S2.C15H25NO6S2.C11H15N3O.B.4Na.H2O/c1-20-19-23(29(15-7-9-17-38(32,33)34)16-8-10-18-39(35,36)37)13-14-24(20)27-25-21(2)28(3)30(26(25)31)22-11-5-4-6-12-22;1-14-7-6-8-15(13-14)16(9-2-4-11-23(17,18)19)10-3-5-12-24(20,21)22;1-8-10(12)11(15)14(13(8)2)9-6-4-3-5-7-9;;;;;;/h4-6,11-14,19H,7-10,15-18H2,1-3H3,(H-,32,33,34,35,36,37);6-8,13H,2-5,9-12H2,1H3,(H,17,18,19)(H,20,21,22);3-8,10H,12H2,1-2H3;;;;;;1H2/q;;;;4*+1;/p-3/i/hTD. The number of aliphatic imine (C=N–C) groups is 1. The molecule has 23 nitrogen and oxygen atoms in total. The monoisotopic (exact) mass is 1280 g/mol. The summed E-state index contributed by atoms with van der Waals surface area (Å²) in [5.74, 6) is -1.97. The third-order valence-electron chi connectivity index (χ3n) is 12.9. The van der Waals surface area contributed by atoms with E-state index in [9.17, 15) is 61.5 Å². The molecule has 0 aromatic heterocycles. The van der Waals surface area contributed by atoms with Crippen molar-refractivity contribution in [2.45, 2.75) is 91.1 Å². The number of hydrogen-bond donors (Lipinski definition) is 1. The van der Waals surface area contributed by atoms with Crippen LogP contribution < -0.4 is 144 Å². The van der Waals surface area contributed by atoms with E-state index in [1.54, 1.807) is 27.8 Å². The number of carbonyl (C=O) groups excluding carboxylic acids is 2. The van der Waals surface area contributed by atoms with E-state index in [-0.39, 0.29) is 182 Å². The van der Waals surface area contributed by atoms with Gasteiger partial charge in [0.2, 0.25) is 14.3 Å². The Balaban J connectivity index is -0.00000125. The third kappa shape index (κ3) is 30.2. The van der Waals surface area contributed by atoms with Crippen LogP contribution in [0.25, 0.3) is 0 Å². The quantitative estimate of drug-likeness (QED) is 0.0279. The molecule has 1 fully saturated rings. The van der Waals surface area contributed by atoms with Crippen molar-refractivity contribution in [3.63, 3.8) is 0 Å². The van der Waals surface area contributed by atoms with Gasteiger partial charge in [0.05, 0.1) is 57.9 Å². The van der Waals surface area contributed by atoms with Crippen LogP contribution >= 0.6 is 0 Å². The van der Waals surface area contributed by atoms with E-state index in [0.29, 0.717) is 69.0 Å². The fourth-order valence-electron chi connectivity index (χ4n) is 8.45. The van der Waals surface area contributed by atoms with Gasteiger partial charge in [-0.05, 0) is 138 Å². The molecule has 4 aromatic carbocycles. The van der Waals surface area contributed by atoms with E-state index in [0.717, 1.165) is 33.9 Å². The van der Waals surface area contributed by atoms with Gasteiger partial charge in [-0.3, -0.25) is 9.59 Å². The molecule has 84 heavy (non-hydrogen) atoms. The number of anilines is 4. The first-order chi connectivity index (χ1) is 37.9. The second-order valence-corrected chi connectivity index (χ2v) is 25.1. The second kappa shape index (κ2) is 40.9. The van der Waals surface area contributed by atoms with Crippen LogP contribution in [0.2, 0.25) is 0 Å². The molecule has 3 radical (unpaired) electrons. The Morgan fingerprint density at radius 2 is 1.02 bits per heavy atom. The molecule has 6 rings (SSSR count). The molecule has 4 N–H and O–H groups in total. The molecule has 2 aliphatic heterocycles. The van der Waals surface area contributed by atoms with E-state index in [2.05, 4.69) is 10.5 Å². The second-order valence-electron chi connectivity index (χ2n) is 19.0. The van der Waals surface area contributed by atoms with Crippen LogP contribution in [0.5, 0.6) is 0 Å². The van der Waals surface area contributed by atoms with Gasteiger partial charge >= 0.3 is 124 Å². The molecule has 0 saturated carbocycles. The zero-order valence-electron chi connectivity index (χ0n) is 51.8. The van der Waals surface area contributed by atoms with E-state index < -0.39 is 58.0 Å². The number of likely N-dealkylation sites (N-methyl/N-ethyl adjacent to an activating group) is 1. The number of amides is 2. The van der Waals surface area contributed by atoms with Gasteiger partial charge in [0.1, 0.15) is 11.7 Å². The number of hydrogen-bond acceptors (Lipinski definition) is 19. The summed E-state index contributed by atoms with van der Waals surface area (Å²) in [6.45, 7) is 9.59. The number of aryl methyl sites for hydroxylation is 2. The van der Waals surface area contributed by atoms with Gasteiger partial charge in [0.15, 0.2) is 7.05 Å². The fourth-order valence-corrected chi connectivity index (χ4v) is 10.7. The van der Waals surface area contributed by atoms with Crippen molar-refractivity contribution in [2.24, 2.45) is 10.7 Å². The Bertz CT molecular complexity index is 3150. The minimum Gasteiger partial charge on any atom is -0.748 e. The van der Waals surface area contributed by atoms with Gasteiger partial charge in [-0.2, -0.15) is 0 Å². The summed E-state index contributed by atoms with van der Waals surface area (Å²) in [4.78, 5) is 33.8. The van der Waals surface area contributed by atoms with Crippen LogP contribution in [-0.2, 0) is 50.1 Å². The maximum absolute atomic E-state index is 13.2. The van der Waals surface area contributed by atoms with Crippen LogP contribution in [0.15, 0.2) is 108 Å². The largest absolute Gasteiger partial charge is 1.00 e. The summed E-state index contributed by atoms with van der Waals surface area (Å²) in [5, 5.41) is 5.07. The molecule has 2 heterocycles. The molecule has 0 bridgehead atoms. The zero-order valence-corrected chi connectivity index (χ0v) is 61.1. The Kier molecular flexibility index (Phi) is 40.1. The number of benzene rings is 4. The molecule has 2 unspecified atom stereocenters. The van der Waals surface area contributed by atoms with E-state index in [4.69, 9.17) is 8.60 Å². The number of para-hydroxylation sites is 2. The number of nitrogens with zero attached hydrogens (tertiary/aromatic N) is 7. The summed E-state index contributed by atoms with van der Waals surface area (Å²) < 4.78 is 142. The van der Waals surface area contributed by atoms with Crippen molar-refractivity contribution < 1.29 is 190 Å². The summed E-state index contributed by atoms with van der Waals surface area (Å²) in [7, 11) is -13.3. The van der Waals surface area contributed by atoms with Crippen molar-refractivity contribution >= 4 is 101 Å². The number of hydrazone groups is 1. The first-order valence-corrected chi connectivity index (χ1v) is 31.6. The summed E-state index contributed by atoms with van der Waals surface area (Å²) >= 11 is 0. The molecule has 0 aliphatic carbocycles. The van der Waals surface area contributed by atoms with Crippen LogP contribution in [0.1, 0.15) is 76.3 Å². The third-order valence-corrected chi connectivity index (χ3v) is 16.0. The molecule has 1 saturated heterocycles. The molecule has 2 atom stereocenters. The number of unbranched alkanes of at least 4 members (excludes halogenated alkanes) is 4.